The Kier molecular flexibility index (Phi) is 4.68. The van der Waals surface area contributed by atoms with Crippen molar-refractivity contribution >= 4 is 11.7 Å². The zero-order valence-corrected chi connectivity index (χ0v) is 11.3. The van der Waals surface area contributed by atoms with Crippen LogP contribution in [0.3, 0.4) is 0 Å². The Morgan fingerprint density at radius 2 is 2.16 bits per heavy atom. The van der Waals surface area contributed by atoms with Crippen LogP contribution in [0.25, 0.3) is 0 Å². The molecule has 19 heavy (non-hydrogen) atoms. The number of aromatic nitrogens is 2. The molecule has 1 aromatic rings. The number of carbonyl (C=O) groups excluding carboxylic acids is 1. The van der Waals surface area contributed by atoms with Crippen LogP contribution in [-0.4, -0.2) is 34.4 Å². The van der Waals surface area contributed by atoms with Gasteiger partial charge >= 0.3 is 0 Å². The summed E-state index contributed by atoms with van der Waals surface area (Å²) in [4.78, 5) is 22.0. The molecule has 0 bridgehead atoms. The first kappa shape index (κ1) is 13.7. The first-order chi connectivity index (χ1) is 9.20. The van der Waals surface area contributed by atoms with Gasteiger partial charge in [-0.25, -0.2) is 10.8 Å². The first-order valence-corrected chi connectivity index (χ1v) is 6.75. The van der Waals surface area contributed by atoms with Crippen molar-refractivity contribution in [1.82, 2.24) is 14.9 Å². The number of nitrogens with two attached hydrogens (primary N) is 1. The Balaban J connectivity index is 1.97. The fourth-order valence-electron chi connectivity index (χ4n) is 2.57. The smallest absolute Gasteiger partial charge is 0.273 e. The van der Waals surface area contributed by atoms with E-state index in [1.807, 2.05) is 7.05 Å². The molecule has 3 N–H and O–H groups in total. The van der Waals surface area contributed by atoms with Crippen molar-refractivity contribution in [2.24, 2.45) is 11.8 Å². The maximum Gasteiger partial charge on any atom is 0.273 e. The lowest BCUT2D eigenvalue weighted by Crippen LogP contribution is -2.33. The SMILES string of the molecule is CN(CC1CCCCC1)C(=O)c1cncc(NN)n1. The van der Waals surface area contributed by atoms with Crippen molar-refractivity contribution in [3.05, 3.63) is 18.1 Å². The van der Waals surface area contributed by atoms with Gasteiger partial charge in [0, 0.05) is 13.6 Å². The molecule has 1 amide bonds. The van der Waals surface area contributed by atoms with Gasteiger partial charge in [0.1, 0.15) is 5.69 Å². The summed E-state index contributed by atoms with van der Waals surface area (Å²) in [5.74, 6) is 6.18. The van der Waals surface area contributed by atoms with E-state index in [-0.39, 0.29) is 5.91 Å². The van der Waals surface area contributed by atoms with Gasteiger partial charge in [-0.15, -0.1) is 0 Å². The Morgan fingerprint density at radius 1 is 1.42 bits per heavy atom. The van der Waals surface area contributed by atoms with Crippen molar-refractivity contribution in [2.45, 2.75) is 32.1 Å². The fourth-order valence-corrected chi connectivity index (χ4v) is 2.57. The number of nitrogen functional groups attached to an aromatic ring is 1. The van der Waals surface area contributed by atoms with Gasteiger partial charge in [-0.2, -0.15) is 0 Å². The second-order valence-electron chi connectivity index (χ2n) is 5.12. The van der Waals surface area contributed by atoms with E-state index in [2.05, 4.69) is 15.4 Å². The molecule has 0 radical (unpaired) electrons. The molecule has 6 heteroatoms. The van der Waals surface area contributed by atoms with Gasteiger partial charge in [0.2, 0.25) is 0 Å². The summed E-state index contributed by atoms with van der Waals surface area (Å²) in [7, 11) is 1.82. The van der Waals surface area contributed by atoms with Gasteiger partial charge in [0.25, 0.3) is 5.91 Å². The van der Waals surface area contributed by atoms with E-state index >= 15 is 0 Å². The molecule has 0 aromatic carbocycles. The van der Waals surface area contributed by atoms with Crippen molar-refractivity contribution in [3.63, 3.8) is 0 Å². The fraction of sp³-hybridized carbons (Fsp3) is 0.615. The van der Waals surface area contributed by atoms with Crippen LogP contribution in [0, 0.1) is 5.92 Å². The van der Waals surface area contributed by atoms with Gasteiger partial charge < -0.3 is 10.3 Å². The van der Waals surface area contributed by atoms with Crippen LogP contribution in [0.4, 0.5) is 5.82 Å². The number of anilines is 1. The Labute approximate surface area is 113 Å². The van der Waals surface area contributed by atoms with Gasteiger partial charge in [-0.1, -0.05) is 19.3 Å². The van der Waals surface area contributed by atoms with E-state index < -0.39 is 0 Å². The minimum absolute atomic E-state index is 0.102. The normalized spacial score (nSPS) is 16.1. The van der Waals surface area contributed by atoms with Crippen LogP contribution in [0.2, 0.25) is 0 Å². The number of hydrogen-bond donors (Lipinski definition) is 2. The van der Waals surface area contributed by atoms with Crippen LogP contribution in [0.1, 0.15) is 42.6 Å². The van der Waals surface area contributed by atoms with Crippen molar-refractivity contribution < 1.29 is 4.79 Å². The second-order valence-corrected chi connectivity index (χ2v) is 5.12. The number of amides is 1. The van der Waals surface area contributed by atoms with Crippen LogP contribution >= 0.6 is 0 Å². The van der Waals surface area contributed by atoms with Crippen molar-refractivity contribution in [3.8, 4) is 0 Å². The summed E-state index contributed by atoms with van der Waals surface area (Å²) >= 11 is 0. The lowest BCUT2D eigenvalue weighted by molar-refractivity contribution is 0.0754. The number of nitrogens with zero attached hydrogens (tertiary/aromatic N) is 3. The predicted molar refractivity (Wildman–Crippen MR) is 73.4 cm³/mol. The lowest BCUT2D eigenvalue weighted by Gasteiger charge is -2.26. The predicted octanol–water partition coefficient (Wildman–Crippen LogP) is 1.41. The van der Waals surface area contributed by atoms with Gasteiger partial charge in [-0.05, 0) is 18.8 Å². The quantitative estimate of drug-likeness (QED) is 0.634. The number of hydrogen-bond acceptors (Lipinski definition) is 5. The monoisotopic (exact) mass is 263 g/mol. The molecule has 1 fully saturated rings. The van der Waals surface area contributed by atoms with Gasteiger partial charge in [-0.3, -0.25) is 9.78 Å². The molecule has 2 rings (SSSR count). The molecule has 1 heterocycles. The highest BCUT2D eigenvalue weighted by Crippen LogP contribution is 2.24. The molecule has 1 aliphatic rings. The molecule has 1 saturated carbocycles. The topological polar surface area (TPSA) is 84.1 Å². The second kappa shape index (κ2) is 6.47. The van der Waals surface area contributed by atoms with Crippen LogP contribution in [0.5, 0.6) is 0 Å². The van der Waals surface area contributed by atoms with Crippen LogP contribution < -0.4 is 11.3 Å². The number of nitrogens with one attached hydrogen (secondary N) is 1. The summed E-state index contributed by atoms with van der Waals surface area (Å²) in [6.45, 7) is 0.792. The summed E-state index contributed by atoms with van der Waals surface area (Å²) < 4.78 is 0. The Morgan fingerprint density at radius 3 is 2.84 bits per heavy atom. The third-order valence-electron chi connectivity index (χ3n) is 3.61. The summed E-state index contributed by atoms with van der Waals surface area (Å²) in [5, 5.41) is 0. The Bertz CT molecular complexity index is 431. The maximum atomic E-state index is 12.2. The molecule has 0 saturated heterocycles. The number of hydrazine groups is 1. The number of carbonyl (C=O) groups is 1. The van der Waals surface area contributed by atoms with Gasteiger partial charge in [0.15, 0.2) is 5.82 Å². The van der Waals surface area contributed by atoms with E-state index in [1.54, 1.807) is 4.90 Å². The summed E-state index contributed by atoms with van der Waals surface area (Å²) in [6.07, 6.45) is 9.27. The van der Waals surface area contributed by atoms with E-state index in [0.717, 1.165) is 6.54 Å². The lowest BCUT2D eigenvalue weighted by atomic mass is 9.89. The van der Waals surface area contributed by atoms with Crippen LogP contribution in [-0.2, 0) is 0 Å². The molecule has 6 nitrogen and oxygen atoms in total. The standard InChI is InChI=1S/C13H21N5O/c1-18(9-10-5-3-2-4-6-10)13(19)11-7-15-8-12(16-11)17-14/h7-8,10H,2-6,9,14H2,1H3,(H,16,17). The highest BCUT2D eigenvalue weighted by atomic mass is 16.2. The molecule has 1 aliphatic carbocycles. The van der Waals surface area contributed by atoms with E-state index in [1.165, 1.54) is 44.5 Å². The zero-order chi connectivity index (χ0) is 13.7. The van der Waals surface area contributed by atoms with E-state index in [0.29, 0.717) is 17.4 Å². The summed E-state index contributed by atoms with van der Waals surface area (Å²) in [6, 6.07) is 0. The van der Waals surface area contributed by atoms with Crippen molar-refractivity contribution in [1.29, 1.82) is 0 Å². The molecule has 0 spiro atoms. The van der Waals surface area contributed by atoms with E-state index in [4.69, 9.17) is 5.84 Å². The summed E-state index contributed by atoms with van der Waals surface area (Å²) in [5.41, 5.74) is 2.73. The largest absolute Gasteiger partial charge is 0.340 e. The number of rotatable bonds is 4. The average Bonchev–Trinajstić information content (AvgIpc) is 2.47. The molecule has 0 unspecified atom stereocenters. The minimum atomic E-state index is -0.102. The molecular weight excluding hydrogens is 242 g/mol. The van der Waals surface area contributed by atoms with Crippen molar-refractivity contribution in [2.75, 3.05) is 19.0 Å². The molecule has 1 aromatic heterocycles. The minimum Gasteiger partial charge on any atom is -0.340 e. The maximum absolute atomic E-state index is 12.2. The Hall–Kier alpha value is -1.69. The van der Waals surface area contributed by atoms with Crippen LogP contribution in [0.15, 0.2) is 12.4 Å². The molecule has 0 aliphatic heterocycles. The zero-order valence-electron chi connectivity index (χ0n) is 11.3. The highest BCUT2D eigenvalue weighted by Gasteiger charge is 2.20. The highest BCUT2D eigenvalue weighted by molar-refractivity contribution is 5.92. The average molecular weight is 263 g/mol. The third-order valence-corrected chi connectivity index (χ3v) is 3.61. The van der Waals surface area contributed by atoms with E-state index in [9.17, 15) is 4.79 Å². The first-order valence-electron chi connectivity index (χ1n) is 6.75. The molecule has 0 atom stereocenters. The molecule has 104 valence electrons. The molecular formula is C13H21N5O. The van der Waals surface area contributed by atoms with Gasteiger partial charge in [0.05, 0.1) is 12.4 Å². The third kappa shape index (κ3) is 3.64.